The highest BCUT2D eigenvalue weighted by Crippen LogP contribution is 2.33. The van der Waals surface area contributed by atoms with Gasteiger partial charge in [-0.2, -0.15) is 5.10 Å². The maximum absolute atomic E-state index is 9.50. The first-order chi connectivity index (χ1) is 16.7. The van der Waals surface area contributed by atoms with E-state index in [1.54, 1.807) is 16.9 Å². The fraction of sp³-hybridized carbons (Fsp3) is 0.148. The molecule has 0 bridgehead atoms. The zero-order chi connectivity index (χ0) is 23.5. The maximum atomic E-state index is 9.50. The highest BCUT2D eigenvalue weighted by Gasteiger charge is 2.16. The van der Waals surface area contributed by atoms with E-state index in [1.807, 2.05) is 79.7 Å². The SMILES string of the molecule is CCOc1cc(-c2cccc([C@@H](N)c3ccccc3)n2)cc2c1cnn2-c1cccc(CO)n1. The van der Waals surface area contributed by atoms with Crippen molar-refractivity contribution in [2.75, 3.05) is 6.61 Å². The lowest BCUT2D eigenvalue weighted by molar-refractivity contribution is 0.276. The summed E-state index contributed by atoms with van der Waals surface area (Å²) in [4.78, 5) is 9.39. The van der Waals surface area contributed by atoms with Crippen molar-refractivity contribution in [1.82, 2.24) is 19.7 Å². The van der Waals surface area contributed by atoms with Crippen LogP contribution in [0.1, 0.15) is 29.9 Å². The van der Waals surface area contributed by atoms with Crippen LogP contribution in [0.4, 0.5) is 0 Å². The monoisotopic (exact) mass is 451 g/mol. The van der Waals surface area contributed by atoms with Gasteiger partial charge in [-0.1, -0.05) is 42.5 Å². The van der Waals surface area contributed by atoms with E-state index in [9.17, 15) is 5.11 Å². The standard InChI is InChI=1S/C27H25N5O2/c1-2-34-25-15-19(22-11-7-12-23(31-22)27(28)18-8-4-3-5-9-18)14-24-21(25)16-29-32(24)26-13-6-10-20(17-33)30-26/h3-16,27,33H,2,17,28H2,1H3/t27-/m0/s1. The molecule has 0 aliphatic rings. The predicted molar refractivity (Wildman–Crippen MR) is 132 cm³/mol. The van der Waals surface area contributed by atoms with Gasteiger partial charge in [0.25, 0.3) is 0 Å². The van der Waals surface area contributed by atoms with Gasteiger partial charge in [0.05, 0.1) is 53.4 Å². The zero-order valence-electron chi connectivity index (χ0n) is 18.8. The molecule has 2 aromatic carbocycles. The molecule has 34 heavy (non-hydrogen) atoms. The van der Waals surface area contributed by atoms with E-state index in [1.165, 1.54) is 0 Å². The minimum atomic E-state index is -0.327. The van der Waals surface area contributed by atoms with E-state index in [0.29, 0.717) is 18.1 Å². The molecular formula is C27H25N5O2. The Morgan fingerprint density at radius 3 is 2.59 bits per heavy atom. The molecule has 1 atom stereocenters. The second-order valence-electron chi connectivity index (χ2n) is 7.88. The Morgan fingerprint density at radius 2 is 1.79 bits per heavy atom. The predicted octanol–water partition coefficient (Wildman–Crippen LogP) is 4.42. The molecule has 5 rings (SSSR count). The summed E-state index contributed by atoms with van der Waals surface area (Å²) in [6.07, 6.45) is 1.77. The first kappa shape index (κ1) is 21.8. The molecule has 0 saturated heterocycles. The number of ether oxygens (including phenoxy) is 1. The first-order valence-corrected chi connectivity index (χ1v) is 11.2. The molecule has 3 N–H and O–H groups in total. The number of rotatable bonds is 7. The quantitative estimate of drug-likeness (QED) is 0.380. The van der Waals surface area contributed by atoms with Crippen molar-refractivity contribution in [3.63, 3.8) is 0 Å². The molecule has 0 fully saturated rings. The fourth-order valence-corrected chi connectivity index (χ4v) is 3.99. The first-order valence-electron chi connectivity index (χ1n) is 11.2. The second-order valence-corrected chi connectivity index (χ2v) is 7.88. The van der Waals surface area contributed by atoms with E-state index in [-0.39, 0.29) is 12.6 Å². The fourth-order valence-electron chi connectivity index (χ4n) is 3.99. The molecule has 0 radical (unpaired) electrons. The Balaban J connectivity index is 1.63. The van der Waals surface area contributed by atoms with Crippen molar-refractivity contribution in [1.29, 1.82) is 0 Å². The molecule has 170 valence electrons. The lowest BCUT2D eigenvalue weighted by Crippen LogP contribution is -2.13. The van der Waals surface area contributed by atoms with E-state index < -0.39 is 0 Å². The van der Waals surface area contributed by atoms with Crippen molar-refractivity contribution >= 4 is 10.9 Å². The Kier molecular flexibility index (Phi) is 6.03. The van der Waals surface area contributed by atoms with Gasteiger partial charge < -0.3 is 15.6 Å². The lowest BCUT2D eigenvalue weighted by atomic mass is 10.0. The number of fused-ring (bicyclic) bond motifs is 1. The van der Waals surface area contributed by atoms with Crippen LogP contribution < -0.4 is 10.5 Å². The molecule has 0 amide bonds. The van der Waals surface area contributed by atoms with E-state index in [2.05, 4.69) is 10.1 Å². The molecule has 0 spiro atoms. The Labute approximate surface area is 197 Å². The Hall–Kier alpha value is -4.07. The van der Waals surface area contributed by atoms with Crippen molar-refractivity contribution < 1.29 is 9.84 Å². The van der Waals surface area contributed by atoms with Crippen LogP contribution in [0.2, 0.25) is 0 Å². The average Bonchev–Trinajstić information content (AvgIpc) is 3.33. The minimum absolute atomic E-state index is 0.138. The number of hydrogen-bond acceptors (Lipinski definition) is 6. The molecule has 0 unspecified atom stereocenters. The van der Waals surface area contributed by atoms with Crippen LogP contribution in [0.15, 0.2) is 85.1 Å². The van der Waals surface area contributed by atoms with Gasteiger partial charge in [0, 0.05) is 5.56 Å². The molecule has 3 aromatic heterocycles. The molecule has 3 heterocycles. The molecule has 5 aromatic rings. The van der Waals surface area contributed by atoms with Crippen LogP contribution in [-0.4, -0.2) is 31.5 Å². The molecule has 0 aliphatic carbocycles. The van der Waals surface area contributed by atoms with Crippen LogP contribution in [0.25, 0.3) is 28.0 Å². The number of hydrogen-bond donors (Lipinski definition) is 2. The summed E-state index contributed by atoms with van der Waals surface area (Å²) in [7, 11) is 0. The van der Waals surface area contributed by atoms with Crippen LogP contribution in [0, 0.1) is 0 Å². The highest BCUT2D eigenvalue weighted by molar-refractivity contribution is 5.90. The number of nitrogens with two attached hydrogens (primary N) is 1. The summed E-state index contributed by atoms with van der Waals surface area (Å²) in [5.41, 5.74) is 11.4. The summed E-state index contributed by atoms with van der Waals surface area (Å²) in [6, 6.07) is 25.0. The number of aliphatic hydroxyl groups excluding tert-OH is 1. The van der Waals surface area contributed by atoms with Crippen molar-refractivity contribution in [2.24, 2.45) is 5.73 Å². The van der Waals surface area contributed by atoms with Gasteiger partial charge in [-0.3, -0.25) is 4.98 Å². The number of aliphatic hydroxyl groups is 1. The third-order valence-electron chi connectivity index (χ3n) is 5.67. The smallest absolute Gasteiger partial charge is 0.154 e. The summed E-state index contributed by atoms with van der Waals surface area (Å²) in [5, 5.41) is 14.9. The largest absolute Gasteiger partial charge is 0.493 e. The van der Waals surface area contributed by atoms with Crippen molar-refractivity contribution in [3.8, 4) is 22.8 Å². The van der Waals surface area contributed by atoms with Crippen molar-refractivity contribution in [3.05, 3.63) is 102 Å². The minimum Gasteiger partial charge on any atom is -0.493 e. The Morgan fingerprint density at radius 1 is 0.971 bits per heavy atom. The summed E-state index contributed by atoms with van der Waals surface area (Å²) in [5.74, 6) is 1.34. The Bertz CT molecular complexity index is 1430. The molecule has 0 saturated carbocycles. The second kappa shape index (κ2) is 9.43. The molecule has 7 nitrogen and oxygen atoms in total. The summed E-state index contributed by atoms with van der Waals surface area (Å²) >= 11 is 0. The van der Waals surface area contributed by atoms with Crippen LogP contribution in [0.5, 0.6) is 5.75 Å². The average molecular weight is 452 g/mol. The van der Waals surface area contributed by atoms with Crippen LogP contribution in [0.3, 0.4) is 0 Å². The van der Waals surface area contributed by atoms with Gasteiger partial charge in [0.2, 0.25) is 0 Å². The maximum Gasteiger partial charge on any atom is 0.154 e. The summed E-state index contributed by atoms with van der Waals surface area (Å²) < 4.78 is 7.71. The number of pyridine rings is 2. The third kappa shape index (κ3) is 4.14. The topological polar surface area (TPSA) is 99.1 Å². The normalized spacial score (nSPS) is 12.1. The van der Waals surface area contributed by atoms with Gasteiger partial charge in [-0.15, -0.1) is 0 Å². The molecular weight excluding hydrogens is 426 g/mol. The third-order valence-corrected chi connectivity index (χ3v) is 5.67. The highest BCUT2D eigenvalue weighted by atomic mass is 16.5. The molecule has 7 heteroatoms. The number of nitrogens with zero attached hydrogens (tertiary/aromatic N) is 4. The van der Waals surface area contributed by atoms with E-state index in [0.717, 1.165) is 39.2 Å². The van der Waals surface area contributed by atoms with Crippen molar-refractivity contribution in [2.45, 2.75) is 19.6 Å². The van der Waals surface area contributed by atoms with Gasteiger partial charge in [0.15, 0.2) is 5.82 Å². The lowest BCUT2D eigenvalue weighted by Gasteiger charge is -2.14. The van der Waals surface area contributed by atoms with Gasteiger partial charge in [-0.05, 0) is 48.9 Å². The number of benzene rings is 2. The van der Waals surface area contributed by atoms with E-state index >= 15 is 0 Å². The zero-order valence-corrected chi connectivity index (χ0v) is 18.8. The van der Waals surface area contributed by atoms with Crippen LogP contribution in [-0.2, 0) is 6.61 Å². The van der Waals surface area contributed by atoms with Gasteiger partial charge in [0.1, 0.15) is 5.75 Å². The van der Waals surface area contributed by atoms with E-state index in [4.69, 9.17) is 15.5 Å². The van der Waals surface area contributed by atoms with Gasteiger partial charge in [-0.25, -0.2) is 9.67 Å². The molecule has 0 aliphatic heterocycles. The van der Waals surface area contributed by atoms with Crippen LogP contribution >= 0.6 is 0 Å². The number of aromatic nitrogens is 4. The summed E-state index contributed by atoms with van der Waals surface area (Å²) in [6.45, 7) is 2.34. The van der Waals surface area contributed by atoms with Gasteiger partial charge >= 0.3 is 0 Å².